The first kappa shape index (κ1) is 21.1. The third-order valence-corrected chi connectivity index (χ3v) is 5.61. The maximum atomic E-state index is 12.1. The monoisotopic (exact) mass is 425 g/mol. The van der Waals surface area contributed by atoms with Crippen molar-refractivity contribution in [1.82, 2.24) is 15.2 Å². The van der Waals surface area contributed by atoms with Gasteiger partial charge in [0.2, 0.25) is 0 Å². The number of ether oxygens (including phenoxy) is 1. The molecule has 2 amide bonds. The van der Waals surface area contributed by atoms with Crippen LogP contribution in [0, 0.1) is 0 Å². The lowest BCUT2D eigenvalue weighted by molar-refractivity contribution is -0.124. The summed E-state index contributed by atoms with van der Waals surface area (Å²) in [5, 5.41) is 14.5. The number of nitrogens with one attached hydrogen (secondary N) is 2. The Kier molecular flexibility index (Phi) is 6.34. The SMILES string of the molecule is CNC(=O)c1ccc(N2CCN(Cc3ccc4c(c3)NC(=O)C(CCO)O4)CC2)cn1. The van der Waals surface area contributed by atoms with E-state index in [1.54, 1.807) is 19.3 Å². The van der Waals surface area contributed by atoms with Gasteiger partial charge < -0.3 is 25.4 Å². The zero-order valence-corrected chi connectivity index (χ0v) is 17.5. The summed E-state index contributed by atoms with van der Waals surface area (Å²) < 4.78 is 5.70. The van der Waals surface area contributed by atoms with Crippen molar-refractivity contribution in [3.8, 4) is 5.75 Å². The zero-order valence-electron chi connectivity index (χ0n) is 17.5. The number of pyridine rings is 1. The number of hydrogen-bond acceptors (Lipinski definition) is 7. The molecule has 1 atom stereocenters. The summed E-state index contributed by atoms with van der Waals surface area (Å²) in [5.41, 5.74) is 3.21. The van der Waals surface area contributed by atoms with E-state index < -0.39 is 6.10 Å². The van der Waals surface area contributed by atoms with E-state index in [1.165, 1.54) is 0 Å². The van der Waals surface area contributed by atoms with Crippen molar-refractivity contribution < 1.29 is 19.4 Å². The number of piperazine rings is 1. The summed E-state index contributed by atoms with van der Waals surface area (Å²) in [5.74, 6) is 0.231. The highest BCUT2D eigenvalue weighted by molar-refractivity contribution is 5.97. The summed E-state index contributed by atoms with van der Waals surface area (Å²) in [6.45, 7) is 4.23. The van der Waals surface area contributed by atoms with Gasteiger partial charge in [0.25, 0.3) is 11.8 Å². The molecule has 0 spiro atoms. The Morgan fingerprint density at radius 2 is 2.06 bits per heavy atom. The van der Waals surface area contributed by atoms with Gasteiger partial charge in [-0.1, -0.05) is 6.07 Å². The number of nitrogens with zero attached hydrogens (tertiary/aromatic N) is 3. The number of amides is 2. The van der Waals surface area contributed by atoms with E-state index in [2.05, 4.69) is 25.4 Å². The molecule has 2 aromatic rings. The third kappa shape index (κ3) is 4.78. The van der Waals surface area contributed by atoms with Crippen molar-refractivity contribution in [2.24, 2.45) is 0 Å². The van der Waals surface area contributed by atoms with Gasteiger partial charge in [-0.05, 0) is 29.8 Å². The molecule has 2 aliphatic heterocycles. The minimum Gasteiger partial charge on any atom is -0.478 e. The van der Waals surface area contributed by atoms with Crippen molar-refractivity contribution >= 4 is 23.2 Å². The second kappa shape index (κ2) is 9.32. The maximum absolute atomic E-state index is 12.1. The maximum Gasteiger partial charge on any atom is 0.269 e. The first-order valence-electron chi connectivity index (χ1n) is 10.4. The molecule has 9 nitrogen and oxygen atoms in total. The van der Waals surface area contributed by atoms with Crippen molar-refractivity contribution in [1.29, 1.82) is 0 Å². The molecular weight excluding hydrogens is 398 g/mol. The molecule has 164 valence electrons. The van der Waals surface area contributed by atoms with Gasteiger partial charge in [0.05, 0.1) is 17.6 Å². The Morgan fingerprint density at radius 3 is 2.74 bits per heavy atom. The van der Waals surface area contributed by atoms with E-state index in [0.717, 1.165) is 44.0 Å². The Bertz CT molecular complexity index is 941. The lowest BCUT2D eigenvalue weighted by Gasteiger charge is -2.36. The lowest BCUT2D eigenvalue weighted by Crippen LogP contribution is -2.46. The largest absolute Gasteiger partial charge is 0.478 e. The molecular formula is C22H27N5O4. The van der Waals surface area contributed by atoms with Crippen LogP contribution in [-0.4, -0.2) is 72.7 Å². The number of fused-ring (bicyclic) bond motifs is 1. The average molecular weight is 425 g/mol. The fourth-order valence-electron chi connectivity index (χ4n) is 3.86. The average Bonchev–Trinajstić information content (AvgIpc) is 2.80. The summed E-state index contributed by atoms with van der Waals surface area (Å²) in [6.07, 6.45) is 1.38. The fourth-order valence-corrected chi connectivity index (χ4v) is 3.86. The van der Waals surface area contributed by atoms with Crippen molar-refractivity contribution in [3.05, 3.63) is 47.8 Å². The summed E-state index contributed by atoms with van der Waals surface area (Å²) in [4.78, 5) is 32.6. The third-order valence-electron chi connectivity index (χ3n) is 5.61. The van der Waals surface area contributed by atoms with Gasteiger partial charge in [-0.2, -0.15) is 0 Å². The molecule has 1 saturated heterocycles. The van der Waals surface area contributed by atoms with E-state index in [9.17, 15) is 9.59 Å². The molecule has 2 aliphatic rings. The number of hydrogen-bond donors (Lipinski definition) is 3. The van der Waals surface area contributed by atoms with Crippen molar-refractivity contribution in [3.63, 3.8) is 0 Å². The van der Waals surface area contributed by atoms with E-state index >= 15 is 0 Å². The van der Waals surface area contributed by atoms with Crippen LogP contribution in [0.25, 0.3) is 0 Å². The van der Waals surface area contributed by atoms with Crippen LogP contribution in [0.5, 0.6) is 5.75 Å². The molecule has 0 aliphatic carbocycles. The van der Waals surface area contributed by atoms with Gasteiger partial charge in [-0.25, -0.2) is 4.98 Å². The topological polar surface area (TPSA) is 107 Å². The van der Waals surface area contributed by atoms with E-state index in [-0.39, 0.29) is 24.8 Å². The van der Waals surface area contributed by atoms with Crippen LogP contribution in [-0.2, 0) is 11.3 Å². The number of carbonyl (C=O) groups is 2. The molecule has 3 N–H and O–H groups in total. The lowest BCUT2D eigenvalue weighted by atomic mass is 10.1. The van der Waals surface area contributed by atoms with Gasteiger partial charge in [0, 0.05) is 52.8 Å². The van der Waals surface area contributed by atoms with Crippen LogP contribution in [0.3, 0.4) is 0 Å². The van der Waals surface area contributed by atoms with Gasteiger partial charge in [-0.3, -0.25) is 14.5 Å². The van der Waals surface area contributed by atoms with Crippen LogP contribution in [0.2, 0.25) is 0 Å². The molecule has 1 aromatic heterocycles. The van der Waals surface area contributed by atoms with Crippen LogP contribution < -0.4 is 20.3 Å². The van der Waals surface area contributed by atoms with Gasteiger partial charge >= 0.3 is 0 Å². The predicted molar refractivity (Wildman–Crippen MR) is 116 cm³/mol. The Balaban J connectivity index is 1.33. The predicted octanol–water partition coefficient (Wildman–Crippen LogP) is 0.845. The van der Waals surface area contributed by atoms with Crippen LogP contribution in [0.15, 0.2) is 36.5 Å². The number of benzene rings is 1. The summed E-state index contributed by atoms with van der Waals surface area (Å²) in [6, 6.07) is 9.53. The smallest absolute Gasteiger partial charge is 0.269 e. The standard InChI is InChI=1S/C22H27N5O4/c1-23-21(29)17-4-3-16(13-24-17)27-9-7-26(8-10-27)14-15-2-5-19-18(12-15)25-22(30)20(31-19)6-11-28/h2-5,12-13,20,28H,6-11,14H2,1H3,(H,23,29)(H,25,30). The van der Waals surface area contributed by atoms with Gasteiger partial charge in [0.1, 0.15) is 11.4 Å². The molecule has 1 aromatic carbocycles. The molecule has 31 heavy (non-hydrogen) atoms. The quantitative estimate of drug-likeness (QED) is 0.630. The number of aliphatic hydroxyl groups excluding tert-OH is 1. The van der Waals surface area contributed by atoms with E-state index in [0.29, 0.717) is 17.1 Å². The minimum absolute atomic E-state index is 0.0915. The van der Waals surface area contributed by atoms with Gasteiger partial charge in [-0.15, -0.1) is 0 Å². The first-order valence-corrected chi connectivity index (χ1v) is 10.4. The van der Waals surface area contributed by atoms with Crippen LogP contribution in [0.4, 0.5) is 11.4 Å². The van der Waals surface area contributed by atoms with Crippen molar-refractivity contribution in [2.75, 3.05) is 50.1 Å². The molecule has 3 heterocycles. The number of carbonyl (C=O) groups excluding carboxylic acids is 2. The number of aliphatic hydroxyl groups is 1. The molecule has 0 saturated carbocycles. The number of aromatic nitrogens is 1. The highest BCUT2D eigenvalue weighted by atomic mass is 16.5. The highest BCUT2D eigenvalue weighted by Gasteiger charge is 2.27. The molecule has 9 heteroatoms. The van der Waals surface area contributed by atoms with Crippen LogP contribution in [0.1, 0.15) is 22.5 Å². The van der Waals surface area contributed by atoms with Crippen molar-refractivity contribution in [2.45, 2.75) is 19.1 Å². The minimum atomic E-state index is -0.642. The molecule has 1 fully saturated rings. The van der Waals surface area contributed by atoms with E-state index in [4.69, 9.17) is 9.84 Å². The molecule has 1 unspecified atom stereocenters. The zero-order chi connectivity index (χ0) is 21.8. The Morgan fingerprint density at radius 1 is 1.26 bits per heavy atom. The normalized spacial score (nSPS) is 18.7. The summed E-state index contributed by atoms with van der Waals surface area (Å²) >= 11 is 0. The highest BCUT2D eigenvalue weighted by Crippen LogP contribution is 2.31. The molecule has 4 rings (SSSR count). The van der Waals surface area contributed by atoms with Crippen LogP contribution >= 0.6 is 0 Å². The first-order chi connectivity index (χ1) is 15.1. The van der Waals surface area contributed by atoms with Gasteiger partial charge in [0.15, 0.2) is 6.10 Å². The number of anilines is 2. The number of rotatable bonds is 6. The van der Waals surface area contributed by atoms with E-state index in [1.807, 2.05) is 24.3 Å². The fraction of sp³-hybridized carbons (Fsp3) is 0.409. The summed E-state index contributed by atoms with van der Waals surface area (Å²) in [7, 11) is 1.59. The Labute approximate surface area is 181 Å². The molecule has 0 radical (unpaired) electrons. The Hall–Kier alpha value is -3.17. The molecule has 0 bridgehead atoms. The second-order valence-corrected chi connectivity index (χ2v) is 7.68. The second-order valence-electron chi connectivity index (χ2n) is 7.68.